The predicted octanol–water partition coefficient (Wildman–Crippen LogP) is 2.46. The van der Waals surface area contributed by atoms with Crippen LogP contribution in [0.15, 0.2) is 33.5 Å². The van der Waals surface area contributed by atoms with Crippen molar-refractivity contribution in [2.45, 2.75) is 6.54 Å². The van der Waals surface area contributed by atoms with Gasteiger partial charge in [-0.3, -0.25) is 0 Å². The number of nitrogens with zero attached hydrogens (tertiary/aromatic N) is 3. The summed E-state index contributed by atoms with van der Waals surface area (Å²) in [6, 6.07) is 7.65. The lowest BCUT2D eigenvalue weighted by Crippen LogP contribution is -2.10. The Morgan fingerprint density at radius 1 is 1.24 bits per heavy atom. The van der Waals surface area contributed by atoms with E-state index in [2.05, 4.69) is 41.9 Å². The predicted molar refractivity (Wildman–Crippen MR) is 71.8 cm³/mol. The van der Waals surface area contributed by atoms with Crippen LogP contribution in [0, 0.1) is 0 Å². The van der Waals surface area contributed by atoms with E-state index in [4.69, 9.17) is 10.5 Å². The molecule has 2 N–H and O–H groups in total. The molecule has 0 aliphatic rings. The Morgan fingerprint density at radius 3 is 2.53 bits per heavy atom. The third kappa shape index (κ3) is 3.44. The Bertz CT molecular complexity index is 498. The first-order valence-electron chi connectivity index (χ1n) is 4.89. The van der Waals surface area contributed by atoms with Crippen molar-refractivity contribution >= 4 is 37.8 Å². The van der Waals surface area contributed by atoms with Gasteiger partial charge in [0, 0.05) is 4.47 Å². The van der Waals surface area contributed by atoms with Crippen LogP contribution in [-0.2, 0) is 6.54 Å². The quantitative estimate of drug-likeness (QED) is 0.908. The highest BCUT2D eigenvalue weighted by Gasteiger charge is 2.04. The van der Waals surface area contributed by atoms with Gasteiger partial charge in [-0.25, -0.2) is 4.68 Å². The number of halogens is 2. The fourth-order valence-corrected chi connectivity index (χ4v) is 1.97. The fourth-order valence-electron chi connectivity index (χ4n) is 1.26. The lowest BCUT2D eigenvalue weighted by atomic mass is 10.3. The van der Waals surface area contributed by atoms with E-state index in [-0.39, 0.29) is 5.95 Å². The highest BCUT2D eigenvalue weighted by Crippen LogP contribution is 2.16. The number of nitrogen functional groups attached to an aromatic ring is 1. The zero-order chi connectivity index (χ0) is 12.3. The van der Waals surface area contributed by atoms with Gasteiger partial charge >= 0.3 is 0 Å². The number of nitrogens with two attached hydrogens (primary N) is 1. The number of benzene rings is 1. The molecule has 0 fully saturated rings. The molecular weight excluding hydrogens is 352 g/mol. The minimum absolute atomic E-state index is 0.250. The first-order valence-corrected chi connectivity index (χ1v) is 6.48. The summed E-state index contributed by atoms with van der Waals surface area (Å²) in [6.45, 7) is 1.09. The monoisotopic (exact) mass is 360 g/mol. The lowest BCUT2D eigenvalue weighted by Gasteiger charge is -2.06. The summed E-state index contributed by atoms with van der Waals surface area (Å²) < 4.78 is 8.84. The smallest absolute Gasteiger partial charge is 0.240 e. The van der Waals surface area contributed by atoms with Crippen LogP contribution < -0.4 is 10.5 Å². The zero-order valence-electron chi connectivity index (χ0n) is 8.81. The van der Waals surface area contributed by atoms with Gasteiger partial charge in [0.05, 0.1) is 6.54 Å². The summed E-state index contributed by atoms with van der Waals surface area (Å²) in [6.07, 6.45) is 0. The molecule has 0 aliphatic heterocycles. The molecule has 0 unspecified atom stereocenters. The van der Waals surface area contributed by atoms with Gasteiger partial charge in [-0.05, 0) is 40.2 Å². The van der Waals surface area contributed by atoms with E-state index in [9.17, 15) is 0 Å². The molecule has 17 heavy (non-hydrogen) atoms. The SMILES string of the molecule is Nc1nc(Br)n(CCOc2ccc(Br)cc2)n1. The first-order chi connectivity index (χ1) is 8.15. The van der Waals surface area contributed by atoms with E-state index in [0.29, 0.717) is 17.9 Å². The highest BCUT2D eigenvalue weighted by molar-refractivity contribution is 9.10. The maximum atomic E-state index is 5.56. The average molecular weight is 362 g/mol. The summed E-state index contributed by atoms with van der Waals surface area (Å²) in [5, 5.41) is 4.00. The topological polar surface area (TPSA) is 66.0 Å². The Kier molecular flexibility index (Phi) is 4.01. The molecule has 0 radical (unpaired) electrons. The largest absolute Gasteiger partial charge is 0.492 e. The normalized spacial score (nSPS) is 10.5. The van der Waals surface area contributed by atoms with E-state index in [0.717, 1.165) is 10.2 Å². The molecule has 0 saturated heterocycles. The third-order valence-corrected chi connectivity index (χ3v) is 3.14. The Morgan fingerprint density at radius 2 is 1.94 bits per heavy atom. The van der Waals surface area contributed by atoms with Gasteiger partial charge in [0.15, 0.2) is 4.73 Å². The van der Waals surface area contributed by atoms with Crippen molar-refractivity contribution in [3.63, 3.8) is 0 Å². The molecule has 1 aromatic carbocycles. The van der Waals surface area contributed by atoms with Gasteiger partial charge in [0.1, 0.15) is 12.4 Å². The van der Waals surface area contributed by atoms with Crippen LogP contribution in [0.25, 0.3) is 0 Å². The summed E-state index contributed by atoms with van der Waals surface area (Å²) >= 11 is 6.63. The fraction of sp³-hybridized carbons (Fsp3) is 0.200. The zero-order valence-corrected chi connectivity index (χ0v) is 12.0. The summed E-state index contributed by atoms with van der Waals surface area (Å²) in [5.41, 5.74) is 5.46. The van der Waals surface area contributed by atoms with Crippen LogP contribution in [0.2, 0.25) is 0 Å². The Hall–Kier alpha value is -1.08. The minimum Gasteiger partial charge on any atom is -0.492 e. The van der Waals surface area contributed by atoms with Crippen LogP contribution >= 0.6 is 31.9 Å². The van der Waals surface area contributed by atoms with Gasteiger partial charge < -0.3 is 10.5 Å². The molecule has 2 rings (SSSR count). The van der Waals surface area contributed by atoms with Crippen LogP contribution in [0.4, 0.5) is 5.95 Å². The van der Waals surface area contributed by atoms with E-state index >= 15 is 0 Å². The summed E-state index contributed by atoms with van der Waals surface area (Å²) in [5.74, 6) is 1.07. The van der Waals surface area contributed by atoms with Crippen molar-refractivity contribution < 1.29 is 4.74 Å². The highest BCUT2D eigenvalue weighted by atomic mass is 79.9. The van der Waals surface area contributed by atoms with E-state index in [1.807, 2.05) is 24.3 Å². The number of anilines is 1. The van der Waals surface area contributed by atoms with E-state index in [1.54, 1.807) is 4.68 Å². The minimum atomic E-state index is 0.250. The average Bonchev–Trinajstić information content (AvgIpc) is 2.60. The van der Waals surface area contributed by atoms with E-state index < -0.39 is 0 Å². The maximum Gasteiger partial charge on any atom is 0.240 e. The molecule has 90 valence electrons. The summed E-state index contributed by atoms with van der Waals surface area (Å²) in [7, 11) is 0. The summed E-state index contributed by atoms with van der Waals surface area (Å²) in [4.78, 5) is 3.93. The van der Waals surface area contributed by atoms with Crippen molar-refractivity contribution in [2.24, 2.45) is 0 Å². The maximum absolute atomic E-state index is 5.56. The lowest BCUT2D eigenvalue weighted by molar-refractivity contribution is 0.290. The van der Waals surface area contributed by atoms with Gasteiger partial charge in [-0.15, -0.1) is 5.10 Å². The molecule has 0 atom stereocenters. The molecule has 7 heteroatoms. The first kappa shape index (κ1) is 12.4. The second kappa shape index (κ2) is 5.50. The van der Waals surface area contributed by atoms with Gasteiger partial charge in [0.25, 0.3) is 0 Å². The molecule has 0 bridgehead atoms. The molecule has 0 amide bonds. The molecular formula is C10H10Br2N4O. The van der Waals surface area contributed by atoms with Crippen LogP contribution in [-0.4, -0.2) is 21.4 Å². The van der Waals surface area contributed by atoms with Crippen molar-refractivity contribution in [2.75, 3.05) is 12.3 Å². The molecule has 0 spiro atoms. The van der Waals surface area contributed by atoms with Crippen LogP contribution in [0.5, 0.6) is 5.75 Å². The Balaban J connectivity index is 1.87. The Labute approximate surface area is 115 Å². The van der Waals surface area contributed by atoms with Crippen LogP contribution in [0.3, 0.4) is 0 Å². The van der Waals surface area contributed by atoms with Crippen molar-refractivity contribution in [3.05, 3.63) is 33.5 Å². The number of hydrogen-bond acceptors (Lipinski definition) is 4. The molecule has 0 aliphatic carbocycles. The number of rotatable bonds is 4. The molecule has 5 nitrogen and oxygen atoms in total. The van der Waals surface area contributed by atoms with Crippen molar-refractivity contribution in [1.29, 1.82) is 0 Å². The van der Waals surface area contributed by atoms with Crippen LogP contribution in [0.1, 0.15) is 0 Å². The van der Waals surface area contributed by atoms with Crippen molar-refractivity contribution in [1.82, 2.24) is 14.8 Å². The second-order valence-corrected chi connectivity index (χ2v) is 4.89. The molecule has 1 aromatic heterocycles. The van der Waals surface area contributed by atoms with E-state index in [1.165, 1.54) is 0 Å². The van der Waals surface area contributed by atoms with Gasteiger partial charge in [-0.1, -0.05) is 15.9 Å². The number of hydrogen-bond donors (Lipinski definition) is 1. The molecule has 2 aromatic rings. The number of ether oxygens (including phenoxy) is 1. The van der Waals surface area contributed by atoms with Crippen molar-refractivity contribution in [3.8, 4) is 5.75 Å². The second-order valence-electron chi connectivity index (χ2n) is 3.26. The van der Waals surface area contributed by atoms with Gasteiger partial charge in [-0.2, -0.15) is 4.98 Å². The number of aromatic nitrogens is 3. The van der Waals surface area contributed by atoms with Gasteiger partial charge in [0.2, 0.25) is 5.95 Å². The standard InChI is InChI=1S/C10H10Br2N4O/c11-7-1-3-8(4-2-7)17-6-5-16-9(12)14-10(13)15-16/h1-4H,5-6H2,(H2,13,15). The third-order valence-electron chi connectivity index (χ3n) is 2.03. The molecule has 0 saturated carbocycles. The molecule has 1 heterocycles.